The summed E-state index contributed by atoms with van der Waals surface area (Å²) in [6.07, 6.45) is 0.583. The molecule has 1 amide bonds. The van der Waals surface area contributed by atoms with Gasteiger partial charge in [0.15, 0.2) is 11.6 Å². The zero-order valence-corrected chi connectivity index (χ0v) is 20.6. The van der Waals surface area contributed by atoms with E-state index in [2.05, 4.69) is 6.92 Å². The van der Waals surface area contributed by atoms with Gasteiger partial charge in [0.1, 0.15) is 12.4 Å². The number of amides is 1. The lowest BCUT2D eigenvalue weighted by Crippen LogP contribution is -2.35. The van der Waals surface area contributed by atoms with Crippen LogP contribution in [0.25, 0.3) is 10.8 Å². The number of anilines is 1. The van der Waals surface area contributed by atoms with Gasteiger partial charge in [0.2, 0.25) is 0 Å². The summed E-state index contributed by atoms with van der Waals surface area (Å²) in [4.78, 5) is 26.7. The van der Waals surface area contributed by atoms with E-state index < -0.39 is 6.09 Å². The van der Waals surface area contributed by atoms with Crippen LogP contribution in [0.4, 0.5) is 10.6 Å². The number of unbranched alkanes of at least 4 members (excludes halogenated alkanes) is 1. The van der Waals surface area contributed by atoms with Crippen LogP contribution in [0.15, 0.2) is 53.3 Å². The number of fused-ring (bicyclic) bond motifs is 1. The zero-order valence-electron chi connectivity index (χ0n) is 20.6. The molecule has 7 heteroatoms. The molecular weight excluding hydrogens is 432 g/mol. The molecule has 0 radical (unpaired) electrons. The van der Waals surface area contributed by atoms with E-state index in [1.807, 2.05) is 51.1 Å². The highest BCUT2D eigenvalue weighted by atomic mass is 16.5. The van der Waals surface area contributed by atoms with Crippen molar-refractivity contribution in [2.24, 2.45) is 5.41 Å². The molecule has 1 aromatic heterocycles. The van der Waals surface area contributed by atoms with Crippen molar-refractivity contribution < 1.29 is 19.4 Å². The minimum Gasteiger partial charge on any atom is -0.489 e. The molecule has 7 nitrogen and oxygen atoms in total. The van der Waals surface area contributed by atoms with Gasteiger partial charge in [0, 0.05) is 19.0 Å². The van der Waals surface area contributed by atoms with Crippen LogP contribution in [0.1, 0.15) is 46.1 Å². The third kappa shape index (κ3) is 5.90. The van der Waals surface area contributed by atoms with Gasteiger partial charge in [-0.2, -0.15) is 0 Å². The first-order chi connectivity index (χ1) is 16.1. The van der Waals surface area contributed by atoms with E-state index in [0.29, 0.717) is 42.0 Å². The van der Waals surface area contributed by atoms with Crippen molar-refractivity contribution in [3.05, 3.63) is 64.4 Å². The molecule has 2 aromatic carbocycles. The lowest BCUT2D eigenvalue weighted by Gasteiger charge is -2.28. The zero-order chi connectivity index (χ0) is 24.9. The van der Waals surface area contributed by atoms with Crippen molar-refractivity contribution in [3.8, 4) is 11.5 Å². The molecule has 3 aromatic rings. The van der Waals surface area contributed by atoms with Crippen LogP contribution in [0.3, 0.4) is 0 Å². The smallest absolute Gasteiger partial charge is 0.412 e. The predicted octanol–water partition coefficient (Wildman–Crippen LogP) is 5.92. The Balaban J connectivity index is 2.18. The summed E-state index contributed by atoms with van der Waals surface area (Å²) < 4.78 is 13.6. The molecule has 0 saturated heterocycles. The van der Waals surface area contributed by atoms with Gasteiger partial charge in [0.25, 0.3) is 5.56 Å². The van der Waals surface area contributed by atoms with Crippen molar-refractivity contribution in [1.29, 1.82) is 0 Å². The molecule has 0 aliphatic heterocycles. The minimum absolute atomic E-state index is 0.244. The van der Waals surface area contributed by atoms with Gasteiger partial charge in [0.05, 0.1) is 12.0 Å². The van der Waals surface area contributed by atoms with E-state index in [1.54, 1.807) is 18.2 Å². The number of hydrogen-bond donors (Lipinski definition) is 1. The predicted molar refractivity (Wildman–Crippen MR) is 135 cm³/mol. The Labute approximate surface area is 200 Å². The van der Waals surface area contributed by atoms with E-state index in [9.17, 15) is 14.7 Å². The number of benzene rings is 2. The van der Waals surface area contributed by atoms with Crippen LogP contribution in [-0.4, -0.2) is 29.4 Å². The number of aromatic nitrogens is 1. The number of ether oxygens (including phenoxy) is 2. The summed E-state index contributed by atoms with van der Waals surface area (Å²) in [5.74, 6) is 1.20. The summed E-state index contributed by atoms with van der Waals surface area (Å²) in [5, 5.41) is 10.8. The summed E-state index contributed by atoms with van der Waals surface area (Å²) in [6.45, 7) is 9.20. The molecule has 0 bridgehead atoms. The Morgan fingerprint density at radius 2 is 1.76 bits per heavy atom. The second-order valence-electron chi connectivity index (χ2n) is 9.63. The average Bonchev–Trinajstić information content (AvgIpc) is 2.80. The number of hydrogen-bond acceptors (Lipinski definition) is 4. The Kier molecular flexibility index (Phi) is 7.87. The van der Waals surface area contributed by atoms with Crippen molar-refractivity contribution >= 4 is 22.7 Å². The fourth-order valence-electron chi connectivity index (χ4n) is 3.72. The van der Waals surface area contributed by atoms with Crippen LogP contribution in [-0.2, 0) is 13.2 Å². The first kappa shape index (κ1) is 25.1. The second kappa shape index (κ2) is 10.6. The first-order valence-corrected chi connectivity index (χ1v) is 11.6. The molecule has 34 heavy (non-hydrogen) atoms. The highest BCUT2D eigenvalue weighted by Crippen LogP contribution is 2.37. The summed E-state index contributed by atoms with van der Waals surface area (Å²) >= 11 is 0. The average molecular weight is 467 g/mol. The molecule has 0 aliphatic rings. The maximum Gasteiger partial charge on any atom is 0.412 e. The molecule has 0 saturated carbocycles. The van der Waals surface area contributed by atoms with Crippen LogP contribution in [0, 0.1) is 5.41 Å². The topological polar surface area (TPSA) is 81.0 Å². The second-order valence-corrected chi connectivity index (χ2v) is 9.63. The Morgan fingerprint density at radius 3 is 2.38 bits per heavy atom. The fraction of sp³-hybridized carbons (Fsp3) is 0.407. The Morgan fingerprint density at radius 1 is 1.06 bits per heavy atom. The van der Waals surface area contributed by atoms with E-state index in [0.717, 1.165) is 23.3 Å². The molecule has 0 aliphatic carbocycles. The van der Waals surface area contributed by atoms with Crippen LogP contribution in [0.2, 0.25) is 0 Å². The SMILES string of the molecule is CCCCOc1c(N(C)C(=O)O)n(CC(C)(C)C)c(=O)c2cc(OCc3ccccc3)ccc12. The third-order valence-electron chi connectivity index (χ3n) is 5.40. The van der Waals surface area contributed by atoms with Crippen molar-refractivity contribution in [1.82, 2.24) is 4.57 Å². The van der Waals surface area contributed by atoms with Crippen molar-refractivity contribution in [2.45, 2.75) is 53.7 Å². The van der Waals surface area contributed by atoms with Crippen molar-refractivity contribution in [2.75, 3.05) is 18.6 Å². The number of nitrogens with zero attached hydrogens (tertiary/aromatic N) is 2. The first-order valence-electron chi connectivity index (χ1n) is 11.6. The largest absolute Gasteiger partial charge is 0.489 e. The van der Waals surface area contributed by atoms with Crippen LogP contribution >= 0.6 is 0 Å². The van der Waals surface area contributed by atoms with Gasteiger partial charge in [-0.25, -0.2) is 4.79 Å². The molecule has 0 fully saturated rings. The van der Waals surface area contributed by atoms with Gasteiger partial charge in [-0.05, 0) is 35.6 Å². The number of carboxylic acid groups (broad SMARTS) is 1. The maximum absolute atomic E-state index is 13.7. The van der Waals surface area contributed by atoms with E-state index in [1.165, 1.54) is 11.6 Å². The number of rotatable bonds is 9. The lowest BCUT2D eigenvalue weighted by molar-refractivity contribution is 0.202. The molecule has 3 rings (SSSR count). The Bertz CT molecular complexity index is 1200. The molecule has 1 heterocycles. The molecule has 0 unspecified atom stereocenters. The standard InChI is InChI=1S/C27H34N2O5/c1-6-7-15-33-23-21-14-13-20(34-17-19-11-9-8-10-12-19)16-22(21)25(30)29(18-27(2,3)4)24(23)28(5)26(31)32/h8-14,16H,6-7,15,17-18H2,1-5H3,(H,31,32). The summed E-state index contributed by atoms with van der Waals surface area (Å²) in [7, 11) is 1.44. The summed E-state index contributed by atoms with van der Waals surface area (Å²) in [5.41, 5.74) is 0.476. The van der Waals surface area contributed by atoms with Crippen LogP contribution < -0.4 is 19.9 Å². The summed E-state index contributed by atoms with van der Waals surface area (Å²) in [6, 6.07) is 15.1. The van der Waals surface area contributed by atoms with E-state index in [4.69, 9.17) is 9.47 Å². The maximum atomic E-state index is 13.7. The van der Waals surface area contributed by atoms with Gasteiger partial charge in [-0.15, -0.1) is 0 Å². The number of carbonyl (C=O) groups is 1. The normalized spacial score (nSPS) is 11.4. The van der Waals surface area contributed by atoms with Gasteiger partial charge >= 0.3 is 6.09 Å². The van der Waals surface area contributed by atoms with Gasteiger partial charge in [-0.3, -0.25) is 14.3 Å². The van der Waals surface area contributed by atoms with E-state index in [-0.39, 0.29) is 16.8 Å². The minimum atomic E-state index is -1.16. The highest BCUT2D eigenvalue weighted by molar-refractivity contribution is 5.97. The molecule has 1 N–H and O–H groups in total. The number of pyridine rings is 1. The third-order valence-corrected chi connectivity index (χ3v) is 5.40. The fourth-order valence-corrected chi connectivity index (χ4v) is 3.72. The van der Waals surface area contributed by atoms with Crippen molar-refractivity contribution in [3.63, 3.8) is 0 Å². The quantitative estimate of drug-likeness (QED) is 0.396. The van der Waals surface area contributed by atoms with E-state index >= 15 is 0 Å². The molecular formula is C27H34N2O5. The van der Waals surface area contributed by atoms with Gasteiger partial charge in [-0.1, -0.05) is 64.4 Å². The molecule has 0 atom stereocenters. The highest BCUT2D eigenvalue weighted by Gasteiger charge is 2.27. The Hall–Kier alpha value is -3.48. The van der Waals surface area contributed by atoms with Gasteiger partial charge < -0.3 is 14.6 Å². The molecule has 182 valence electrons. The lowest BCUT2D eigenvalue weighted by atomic mass is 9.96. The monoisotopic (exact) mass is 466 g/mol. The van der Waals surface area contributed by atoms with Crippen LogP contribution in [0.5, 0.6) is 11.5 Å². The molecule has 0 spiro atoms.